The van der Waals surface area contributed by atoms with E-state index in [2.05, 4.69) is 5.32 Å². The first kappa shape index (κ1) is 25.3. The van der Waals surface area contributed by atoms with Gasteiger partial charge in [-0.25, -0.2) is 9.69 Å². The highest BCUT2D eigenvalue weighted by atomic mass is 35.5. The van der Waals surface area contributed by atoms with Gasteiger partial charge in [-0.2, -0.15) is 0 Å². The SMILES string of the molecule is COc1cc(/C=C2\C(=O)NC(=O)N(c3ccc(C)c(C)c3)C2=O)cc(Cl)c1OCc1cccc(Cl)c1. The van der Waals surface area contributed by atoms with Gasteiger partial charge in [-0.05, 0) is 78.6 Å². The molecule has 0 unspecified atom stereocenters. The first-order valence-corrected chi connectivity index (χ1v) is 11.7. The molecule has 1 heterocycles. The highest BCUT2D eigenvalue weighted by Gasteiger charge is 2.37. The summed E-state index contributed by atoms with van der Waals surface area (Å²) in [4.78, 5) is 39.2. The maximum Gasteiger partial charge on any atom is 0.335 e. The van der Waals surface area contributed by atoms with Gasteiger partial charge in [0.15, 0.2) is 11.5 Å². The normalized spacial score (nSPS) is 14.8. The molecule has 0 spiro atoms. The summed E-state index contributed by atoms with van der Waals surface area (Å²) in [5.41, 5.74) is 3.31. The largest absolute Gasteiger partial charge is 0.493 e. The molecule has 3 aromatic rings. The van der Waals surface area contributed by atoms with E-state index in [1.807, 2.05) is 26.0 Å². The van der Waals surface area contributed by atoms with Crippen LogP contribution in [0.15, 0.2) is 60.2 Å². The fourth-order valence-corrected chi connectivity index (χ4v) is 4.16. The first-order chi connectivity index (χ1) is 17.2. The van der Waals surface area contributed by atoms with Gasteiger partial charge in [0.2, 0.25) is 0 Å². The number of carbonyl (C=O) groups is 3. The summed E-state index contributed by atoms with van der Waals surface area (Å²) in [6.45, 7) is 3.99. The zero-order valence-corrected chi connectivity index (χ0v) is 21.2. The molecule has 7 nitrogen and oxygen atoms in total. The van der Waals surface area contributed by atoms with Crippen molar-refractivity contribution < 1.29 is 23.9 Å². The van der Waals surface area contributed by atoms with Gasteiger partial charge in [0.05, 0.1) is 17.8 Å². The quantitative estimate of drug-likeness (QED) is 0.322. The van der Waals surface area contributed by atoms with E-state index in [0.29, 0.717) is 27.8 Å². The van der Waals surface area contributed by atoms with Crippen LogP contribution in [0.4, 0.5) is 10.5 Å². The number of halogens is 2. The number of aryl methyl sites for hydroxylation is 2. The van der Waals surface area contributed by atoms with E-state index >= 15 is 0 Å². The minimum absolute atomic E-state index is 0.199. The van der Waals surface area contributed by atoms with Crippen molar-refractivity contribution in [2.45, 2.75) is 20.5 Å². The Labute approximate surface area is 218 Å². The number of ether oxygens (including phenoxy) is 2. The van der Waals surface area contributed by atoms with Gasteiger partial charge in [-0.1, -0.05) is 41.4 Å². The molecule has 4 amide bonds. The molecule has 0 saturated carbocycles. The summed E-state index contributed by atoms with van der Waals surface area (Å²) >= 11 is 12.5. The van der Waals surface area contributed by atoms with E-state index < -0.39 is 17.8 Å². The number of benzene rings is 3. The molecule has 0 aromatic heterocycles. The molecule has 1 saturated heterocycles. The van der Waals surface area contributed by atoms with E-state index in [1.165, 1.54) is 13.2 Å². The van der Waals surface area contributed by atoms with Crippen LogP contribution in [0.1, 0.15) is 22.3 Å². The number of nitrogens with zero attached hydrogens (tertiary/aromatic N) is 1. The van der Waals surface area contributed by atoms with Crippen LogP contribution < -0.4 is 19.7 Å². The Morgan fingerprint density at radius 3 is 2.44 bits per heavy atom. The van der Waals surface area contributed by atoms with Crippen molar-refractivity contribution in [2.24, 2.45) is 0 Å². The number of imide groups is 2. The van der Waals surface area contributed by atoms with Crippen LogP contribution in [-0.2, 0) is 16.2 Å². The molecule has 3 aromatic carbocycles. The molecule has 1 N–H and O–H groups in total. The lowest BCUT2D eigenvalue weighted by Gasteiger charge is -2.27. The minimum Gasteiger partial charge on any atom is -0.493 e. The number of hydrogen-bond acceptors (Lipinski definition) is 5. The molecule has 9 heteroatoms. The monoisotopic (exact) mass is 524 g/mol. The fraction of sp³-hybridized carbons (Fsp3) is 0.148. The van der Waals surface area contributed by atoms with Crippen molar-refractivity contribution in [1.29, 1.82) is 0 Å². The van der Waals surface area contributed by atoms with Crippen molar-refractivity contribution in [3.05, 3.63) is 92.5 Å². The number of methoxy groups -OCH3 is 1. The molecule has 0 atom stereocenters. The van der Waals surface area contributed by atoms with E-state index in [0.717, 1.165) is 21.6 Å². The van der Waals surface area contributed by atoms with E-state index in [4.69, 9.17) is 32.7 Å². The summed E-state index contributed by atoms with van der Waals surface area (Å²) in [6, 6.07) is 14.7. The molecule has 4 rings (SSSR count). The van der Waals surface area contributed by atoms with Crippen molar-refractivity contribution in [1.82, 2.24) is 5.32 Å². The number of nitrogens with one attached hydrogen (secondary N) is 1. The van der Waals surface area contributed by atoms with Crippen molar-refractivity contribution in [3.8, 4) is 11.5 Å². The highest BCUT2D eigenvalue weighted by Crippen LogP contribution is 2.38. The number of hydrogen-bond donors (Lipinski definition) is 1. The number of urea groups is 1. The van der Waals surface area contributed by atoms with Gasteiger partial charge in [0.1, 0.15) is 12.2 Å². The Morgan fingerprint density at radius 2 is 1.75 bits per heavy atom. The van der Waals surface area contributed by atoms with E-state index in [-0.39, 0.29) is 17.2 Å². The Kier molecular flexibility index (Phi) is 7.33. The van der Waals surface area contributed by atoms with Crippen LogP contribution in [0.5, 0.6) is 11.5 Å². The summed E-state index contributed by atoms with van der Waals surface area (Å²) in [5, 5.41) is 3.02. The number of barbiturate groups is 1. The standard InChI is InChI=1S/C27H22Cl2N2O5/c1-15-7-8-20(9-16(15)2)31-26(33)21(25(32)30-27(31)34)11-18-12-22(29)24(23(13-18)35-3)36-14-17-5-4-6-19(28)10-17/h4-13H,14H2,1-3H3,(H,30,32,34)/b21-11+. The predicted molar refractivity (Wildman–Crippen MR) is 139 cm³/mol. The average molecular weight is 525 g/mol. The van der Waals surface area contributed by atoms with Crippen LogP contribution >= 0.6 is 23.2 Å². The predicted octanol–water partition coefficient (Wildman–Crippen LogP) is 5.86. The zero-order chi connectivity index (χ0) is 26.0. The molecule has 36 heavy (non-hydrogen) atoms. The number of rotatable bonds is 6. The van der Waals surface area contributed by atoms with Crippen LogP contribution in [0, 0.1) is 13.8 Å². The molecule has 184 valence electrons. The third kappa shape index (κ3) is 5.22. The van der Waals surface area contributed by atoms with Gasteiger partial charge in [-0.3, -0.25) is 14.9 Å². The molecule has 0 bridgehead atoms. The molecular formula is C27H22Cl2N2O5. The van der Waals surface area contributed by atoms with Crippen LogP contribution in [0.2, 0.25) is 10.0 Å². The van der Waals surface area contributed by atoms with E-state index in [9.17, 15) is 14.4 Å². The number of amides is 4. The summed E-state index contributed by atoms with van der Waals surface area (Å²) in [6.07, 6.45) is 1.35. The topological polar surface area (TPSA) is 84.9 Å². The second-order valence-corrected chi connectivity index (χ2v) is 9.02. The molecule has 0 radical (unpaired) electrons. The molecule has 1 aliphatic heterocycles. The smallest absolute Gasteiger partial charge is 0.335 e. The molecular weight excluding hydrogens is 503 g/mol. The number of anilines is 1. The van der Waals surface area contributed by atoms with Gasteiger partial charge >= 0.3 is 6.03 Å². The zero-order valence-electron chi connectivity index (χ0n) is 19.7. The Bertz CT molecular complexity index is 1420. The maximum atomic E-state index is 13.2. The van der Waals surface area contributed by atoms with Gasteiger partial charge < -0.3 is 9.47 Å². The lowest BCUT2D eigenvalue weighted by Crippen LogP contribution is -2.54. The third-order valence-corrected chi connectivity index (χ3v) is 6.20. The van der Waals surface area contributed by atoms with Crippen LogP contribution in [0.25, 0.3) is 6.08 Å². The fourth-order valence-electron chi connectivity index (χ4n) is 3.67. The summed E-state index contributed by atoms with van der Waals surface area (Å²) in [5.74, 6) is -0.945. The second kappa shape index (κ2) is 10.4. The van der Waals surface area contributed by atoms with Crippen molar-refractivity contribution in [3.63, 3.8) is 0 Å². The number of carbonyl (C=O) groups excluding carboxylic acids is 3. The van der Waals surface area contributed by atoms with Crippen LogP contribution in [-0.4, -0.2) is 25.0 Å². The first-order valence-electron chi connectivity index (χ1n) is 10.9. The Balaban J connectivity index is 1.65. The summed E-state index contributed by atoms with van der Waals surface area (Å²) in [7, 11) is 1.45. The summed E-state index contributed by atoms with van der Waals surface area (Å²) < 4.78 is 11.3. The minimum atomic E-state index is -0.814. The van der Waals surface area contributed by atoms with Crippen molar-refractivity contribution >= 4 is 52.8 Å². The maximum absolute atomic E-state index is 13.2. The highest BCUT2D eigenvalue weighted by molar-refractivity contribution is 6.39. The van der Waals surface area contributed by atoms with Gasteiger partial charge in [0, 0.05) is 5.02 Å². The molecule has 0 aliphatic carbocycles. The average Bonchev–Trinajstić information content (AvgIpc) is 2.83. The van der Waals surface area contributed by atoms with Gasteiger partial charge in [0.25, 0.3) is 11.8 Å². The molecule has 1 fully saturated rings. The lowest BCUT2D eigenvalue weighted by atomic mass is 10.0. The second-order valence-electron chi connectivity index (χ2n) is 8.18. The lowest BCUT2D eigenvalue weighted by molar-refractivity contribution is -0.122. The van der Waals surface area contributed by atoms with E-state index in [1.54, 1.807) is 42.5 Å². The Morgan fingerprint density at radius 1 is 0.972 bits per heavy atom. The van der Waals surface area contributed by atoms with Gasteiger partial charge in [-0.15, -0.1) is 0 Å². The van der Waals surface area contributed by atoms with Crippen LogP contribution in [0.3, 0.4) is 0 Å². The molecule has 1 aliphatic rings. The third-order valence-electron chi connectivity index (χ3n) is 5.69. The van der Waals surface area contributed by atoms with Crippen molar-refractivity contribution in [2.75, 3.05) is 12.0 Å². The Hall–Kier alpha value is -3.81.